The van der Waals surface area contributed by atoms with E-state index in [-0.39, 0.29) is 24.7 Å². The highest BCUT2D eigenvalue weighted by Crippen LogP contribution is 2.27. The van der Waals surface area contributed by atoms with Crippen molar-refractivity contribution in [1.82, 2.24) is 9.97 Å². The summed E-state index contributed by atoms with van der Waals surface area (Å²) in [5.74, 6) is 0.696. The van der Waals surface area contributed by atoms with Crippen LogP contribution >= 0.6 is 0 Å². The van der Waals surface area contributed by atoms with Gasteiger partial charge in [-0.05, 0) is 30.3 Å². The number of carbonyl (C=O) groups excluding carboxylic acids is 1. The summed E-state index contributed by atoms with van der Waals surface area (Å²) < 4.78 is 24.7. The summed E-state index contributed by atoms with van der Waals surface area (Å²) in [5, 5.41) is 14.2. The Morgan fingerprint density at radius 2 is 2.00 bits per heavy atom. The molecule has 0 aliphatic carbocycles. The van der Waals surface area contributed by atoms with Crippen LogP contribution in [0.4, 0.5) is 20.7 Å². The molecule has 0 aliphatic heterocycles. The first-order valence-electron chi connectivity index (χ1n) is 8.70. The Labute approximate surface area is 166 Å². The molecular weight excluding hydrogens is 379 g/mol. The van der Waals surface area contributed by atoms with Crippen LogP contribution in [0.5, 0.6) is 11.5 Å². The molecule has 2 aromatic carbocycles. The topological polar surface area (TPSA) is 106 Å². The van der Waals surface area contributed by atoms with Gasteiger partial charge in [0.2, 0.25) is 0 Å². The molecule has 0 spiro atoms. The number of ether oxygens (including phenoxy) is 2. The maximum Gasteiger partial charge on any atom is 0.417 e. The van der Waals surface area contributed by atoms with Gasteiger partial charge < -0.3 is 19.9 Å². The van der Waals surface area contributed by atoms with Gasteiger partial charge in [0.25, 0.3) is 0 Å². The molecule has 1 heterocycles. The summed E-state index contributed by atoms with van der Waals surface area (Å²) in [6.07, 6.45) is 0.641. The first-order valence-corrected chi connectivity index (χ1v) is 8.70. The number of aliphatic hydroxyl groups is 1. The van der Waals surface area contributed by atoms with E-state index in [4.69, 9.17) is 14.6 Å². The highest BCUT2D eigenvalue weighted by atomic mass is 19.1. The number of nitrogens with zero attached hydrogens (tertiary/aromatic N) is 2. The number of rotatable bonds is 7. The summed E-state index contributed by atoms with van der Waals surface area (Å²) in [6, 6.07) is 12.6. The van der Waals surface area contributed by atoms with Crippen molar-refractivity contribution in [2.45, 2.75) is 0 Å². The predicted molar refractivity (Wildman–Crippen MR) is 106 cm³/mol. The van der Waals surface area contributed by atoms with E-state index >= 15 is 0 Å². The molecule has 0 saturated heterocycles. The molecule has 0 bridgehead atoms. The van der Waals surface area contributed by atoms with Crippen LogP contribution in [0.3, 0.4) is 0 Å². The second-order valence-electron chi connectivity index (χ2n) is 5.78. The van der Waals surface area contributed by atoms with Crippen LogP contribution in [-0.4, -0.2) is 41.4 Å². The van der Waals surface area contributed by atoms with Gasteiger partial charge in [-0.2, -0.15) is 0 Å². The number of halogens is 1. The van der Waals surface area contributed by atoms with Crippen molar-refractivity contribution in [3.8, 4) is 22.9 Å². The van der Waals surface area contributed by atoms with Gasteiger partial charge in [-0.1, -0.05) is 18.2 Å². The van der Waals surface area contributed by atoms with E-state index in [1.165, 1.54) is 25.4 Å². The van der Waals surface area contributed by atoms with Crippen molar-refractivity contribution < 1.29 is 23.8 Å². The summed E-state index contributed by atoms with van der Waals surface area (Å²) >= 11 is 0. The van der Waals surface area contributed by atoms with Crippen molar-refractivity contribution in [3.05, 3.63) is 60.5 Å². The minimum absolute atomic E-state index is 0.0400. The maximum atomic E-state index is 14.5. The highest BCUT2D eigenvalue weighted by Gasteiger charge is 2.13. The van der Waals surface area contributed by atoms with Crippen LogP contribution in [0.25, 0.3) is 11.4 Å². The minimum Gasteiger partial charge on any atom is -0.491 e. The monoisotopic (exact) mass is 398 g/mol. The van der Waals surface area contributed by atoms with Gasteiger partial charge in [-0.25, -0.2) is 19.2 Å². The molecule has 29 heavy (non-hydrogen) atoms. The lowest BCUT2D eigenvalue weighted by molar-refractivity contribution is 0.215. The quantitative estimate of drug-likeness (QED) is 0.561. The average Bonchev–Trinajstić information content (AvgIpc) is 2.74. The summed E-state index contributed by atoms with van der Waals surface area (Å²) in [6.45, 7) is 0.185. The molecule has 3 N–H and O–H groups in total. The molecule has 1 amide bonds. The van der Waals surface area contributed by atoms with Crippen LogP contribution in [0.15, 0.2) is 54.7 Å². The first-order chi connectivity index (χ1) is 14.1. The van der Waals surface area contributed by atoms with Crippen molar-refractivity contribution >= 4 is 17.6 Å². The summed E-state index contributed by atoms with van der Waals surface area (Å²) in [4.78, 5) is 20.4. The van der Waals surface area contributed by atoms with Crippen LogP contribution in [0.1, 0.15) is 0 Å². The van der Waals surface area contributed by atoms with E-state index in [2.05, 4.69) is 20.6 Å². The smallest absolute Gasteiger partial charge is 0.417 e. The number of hydrogen-bond acceptors (Lipinski definition) is 7. The van der Waals surface area contributed by atoms with Gasteiger partial charge in [-0.3, -0.25) is 5.32 Å². The molecular formula is C20H19FN4O4. The van der Waals surface area contributed by atoms with Gasteiger partial charge >= 0.3 is 6.09 Å². The van der Waals surface area contributed by atoms with E-state index in [0.717, 1.165) is 0 Å². The largest absolute Gasteiger partial charge is 0.491 e. The number of anilines is 2. The number of methoxy groups -OCH3 is 1. The van der Waals surface area contributed by atoms with Crippen LogP contribution in [-0.2, 0) is 0 Å². The van der Waals surface area contributed by atoms with Crippen molar-refractivity contribution in [1.29, 1.82) is 0 Å². The summed E-state index contributed by atoms with van der Waals surface area (Å²) in [7, 11) is 1.47. The van der Waals surface area contributed by atoms with Crippen LogP contribution in [0, 0.1) is 5.82 Å². The molecule has 0 atom stereocenters. The Bertz CT molecular complexity index is 985. The molecule has 0 fully saturated rings. The average molecular weight is 398 g/mol. The SMILES string of the molecule is COc1cnc(-c2ccc(NC(=O)Oc3ccccc3)c(F)c2)nc1NCCO. The second kappa shape index (κ2) is 9.47. The fourth-order valence-corrected chi connectivity index (χ4v) is 2.45. The Hall–Kier alpha value is -3.72. The molecule has 3 rings (SSSR count). The van der Waals surface area contributed by atoms with Crippen molar-refractivity contribution in [2.24, 2.45) is 0 Å². The van der Waals surface area contributed by atoms with Crippen LogP contribution in [0.2, 0.25) is 0 Å². The normalized spacial score (nSPS) is 10.3. The molecule has 0 aliphatic rings. The predicted octanol–water partition coefficient (Wildman–Crippen LogP) is 3.31. The third kappa shape index (κ3) is 5.17. The van der Waals surface area contributed by atoms with E-state index in [9.17, 15) is 9.18 Å². The number of aromatic nitrogens is 2. The van der Waals surface area contributed by atoms with E-state index in [0.29, 0.717) is 22.9 Å². The number of benzene rings is 2. The molecule has 150 valence electrons. The number of nitrogens with one attached hydrogen (secondary N) is 2. The zero-order valence-corrected chi connectivity index (χ0v) is 15.6. The summed E-state index contributed by atoms with van der Waals surface area (Å²) in [5.41, 5.74) is 0.362. The Morgan fingerprint density at radius 1 is 1.21 bits per heavy atom. The lowest BCUT2D eigenvalue weighted by Gasteiger charge is -2.11. The third-order valence-electron chi connectivity index (χ3n) is 3.80. The lowest BCUT2D eigenvalue weighted by Crippen LogP contribution is -2.17. The number of hydrogen-bond donors (Lipinski definition) is 3. The number of carbonyl (C=O) groups is 1. The molecule has 0 radical (unpaired) electrons. The fourth-order valence-electron chi connectivity index (χ4n) is 2.45. The van der Waals surface area contributed by atoms with Crippen molar-refractivity contribution in [3.63, 3.8) is 0 Å². The standard InChI is InChI=1S/C20H19FN4O4/c1-28-17-12-23-18(25-19(17)22-9-10-26)13-7-8-16(15(21)11-13)24-20(27)29-14-5-3-2-4-6-14/h2-8,11-12,26H,9-10H2,1H3,(H,24,27)(H,22,23,25). The van der Waals surface area contributed by atoms with Gasteiger partial charge in [0.1, 0.15) is 11.6 Å². The maximum absolute atomic E-state index is 14.5. The number of amides is 1. The van der Waals surface area contributed by atoms with Gasteiger partial charge in [0, 0.05) is 12.1 Å². The van der Waals surface area contributed by atoms with Gasteiger partial charge in [-0.15, -0.1) is 0 Å². The third-order valence-corrected chi connectivity index (χ3v) is 3.80. The van der Waals surface area contributed by atoms with E-state index in [1.54, 1.807) is 36.4 Å². The Kier molecular flexibility index (Phi) is 6.54. The molecule has 1 aromatic heterocycles. The molecule has 0 unspecified atom stereocenters. The Balaban J connectivity index is 1.76. The Morgan fingerprint density at radius 3 is 2.69 bits per heavy atom. The molecule has 3 aromatic rings. The zero-order valence-electron chi connectivity index (χ0n) is 15.6. The van der Waals surface area contributed by atoms with Crippen LogP contribution < -0.4 is 20.1 Å². The fraction of sp³-hybridized carbons (Fsp3) is 0.150. The number of para-hydroxylation sites is 1. The van der Waals surface area contributed by atoms with E-state index in [1.807, 2.05) is 0 Å². The lowest BCUT2D eigenvalue weighted by atomic mass is 10.2. The second-order valence-corrected chi connectivity index (χ2v) is 5.78. The van der Waals surface area contributed by atoms with E-state index < -0.39 is 11.9 Å². The molecule has 9 heteroatoms. The van der Waals surface area contributed by atoms with Crippen molar-refractivity contribution in [2.75, 3.05) is 30.9 Å². The van der Waals surface area contributed by atoms with Gasteiger partial charge in [0.15, 0.2) is 17.4 Å². The zero-order chi connectivity index (χ0) is 20.6. The highest BCUT2D eigenvalue weighted by molar-refractivity contribution is 5.86. The number of aliphatic hydroxyl groups excluding tert-OH is 1. The van der Waals surface area contributed by atoms with Gasteiger partial charge in [0.05, 0.1) is 25.6 Å². The first kappa shape index (κ1) is 20.0. The molecule has 8 nitrogen and oxygen atoms in total. The molecule has 0 saturated carbocycles. The minimum atomic E-state index is -0.806.